The van der Waals surface area contributed by atoms with Crippen LogP contribution in [0.25, 0.3) is 0 Å². The summed E-state index contributed by atoms with van der Waals surface area (Å²) in [5, 5.41) is 7.03. The monoisotopic (exact) mass is 242 g/mol. The van der Waals surface area contributed by atoms with Crippen molar-refractivity contribution in [1.82, 2.24) is 9.80 Å². The summed E-state index contributed by atoms with van der Waals surface area (Å²) in [5.41, 5.74) is 5.21. The highest BCUT2D eigenvalue weighted by Gasteiger charge is 1.98. The van der Waals surface area contributed by atoms with Crippen molar-refractivity contribution < 1.29 is 17.5 Å². The first-order chi connectivity index (χ1) is 6.54. The standard InChI is InChI=1S/C6H16N4.H2O4S/c1-9(2)4-5-10(3)6(7)8;1-5(2,3)4/h4-5H2,1-3H3,(H3,7,8);(H2,1,2,3,4). The largest absolute Gasteiger partial charge is 0.394 e. The summed E-state index contributed by atoms with van der Waals surface area (Å²) in [7, 11) is 1.13. The molecule has 0 aliphatic rings. The summed E-state index contributed by atoms with van der Waals surface area (Å²) in [6.07, 6.45) is 0. The van der Waals surface area contributed by atoms with E-state index < -0.39 is 10.4 Å². The number of nitrogens with two attached hydrogens (primary N) is 1. The van der Waals surface area contributed by atoms with E-state index in [-0.39, 0.29) is 5.96 Å². The van der Waals surface area contributed by atoms with Crippen LogP contribution in [0.2, 0.25) is 0 Å². The van der Waals surface area contributed by atoms with Gasteiger partial charge >= 0.3 is 10.4 Å². The second-order valence-electron chi connectivity index (χ2n) is 3.06. The van der Waals surface area contributed by atoms with Crippen molar-refractivity contribution in [1.29, 1.82) is 5.41 Å². The molecule has 0 aliphatic carbocycles. The van der Waals surface area contributed by atoms with E-state index in [0.717, 1.165) is 13.1 Å². The fourth-order valence-corrected chi connectivity index (χ4v) is 0.470. The van der Waals surface area contributed by atoms with E-state index in [4.69, 9.17) is 28.7 Å². The Morgan fingerprint density at radius 2 is 1.60 bits per heavy atom. The van der Waals surface area contributed by atoms with Gasteiger partial charge in [-0.25, -0.2) is 0 Å². The number of rotatable bonds is 3. The van der Waals surface area contributed by atoms with Gasteiger partial charge in [0.15, 0.2) is 5.96 Å². The molecule has 0 aliphatic heterocycles. The predicted molar refractivity (Wildman–Crippen MR) is 57.3 cm³/mol. The highest BCUT2D eigenvalue weighted by Crippen LogP contribution is 1.80. The Morgan fingerprint density at radius 1 is 1.27 bits per heavy atom. The molecule has 0 aromatic rings. The molecule has 92 valence electrons. The van der Waals surface area contributed by atoms with Crippen LogP contribution in [-0.4, -0.2) is 67.5 Å². The number of hydrogen-bond donors (Lipinski definition) is 4. The SMILES string of the molecule is CN(C)CCN(C)C(=N)N.O=S(=O)(O)O. The molecule has 0 heterocycles. The molecular formula is C6H18N4O4S. The zero-order valence-corrected chi connectivity index (χ0v) is 9.82. The van der Waals surface area contributed by atoms with E-state index in [1.807, 2.05) is 21.1 Å². The van der Waals surface area contributed by atoms with Gasteiger partial charge in [0.25, 0.3) is 0 Å². The number of nitrogens with one attached hydrogen (secondary N) is 1. The molecule has 0 amide bonds. The van der Waals surface area contributed by atoms with Crippen LogP contribution < -0.4 is 5.73 Å². The van der Waals surface area contributed by atoms with Crippen LogP contribution in [-0.2, 0) is 10.4 Å². The maximum Gasteiger partial charge on any atom is 0.394 e. The quantitative estimate of drug-likeness (QED) is 0.275. The van der Waals surface area contributed by atoms with Crippen LogP contribution in [0, 0.1) is 5.41 Å². The Hall–Kier alpha value is -0.900. The van der Waals surface area contributed by atoms with Crippen LogP contribution in [0.4, 0.5) is 0 Å². The average Bonchev–Trinajstić information content (AvgIpc) is 1.96. The Balaban J connectivity index is 0. The third-order valence-corrected chi connectivity index (χ3v) is 1.29. The van der Waals surface area contributed by atoms with Crippen molar-refractivity contribution in [2.45, 2.75) is 0 Å². The maximum atomic E-state index is 8.74. The molecule has 0 fully saturated rings. The number of likely N-dealkylation sites (N-methyl/N-ethyl adjacent to an activating group) is 2. The lowest BCUT2D eigenvalue weighted by molar-refractivity contribution is 0.354. The zero-order valence-electron chi connectivity index (χ0n) is 9.01. The molecule has 5 N–H and O–H groups in total. The predicted octanol–water partition coefficient (Wildman–Crippen LogP) is -1.28. The average molecular weight is 242 g/mol. The Kier molecular flexibility index (Phi) is 8.15. The molecule has 0 bridgehead atoms. The van der Waals surface area contributed by atoms with Crippen molar-refractivity contribution in [3.63, 3.8) is 0 Å². The van der Waals surface area contributed by atoms with Gasteiger partial charge in [-0.2, -0.15) is 8.42 Å². The van der Waals surface area contributed by atoms with Gasteiger partial charge in [-0.05, 0) is 14.1 Å². The van der Waals surface area contributed by atoms with E-state index in [9.17, 15) is 0 Å². The van der Waals surface area contributed by atoms with Gasteiger partial charge in [0.2, 0.25) is 0 Å². The van der Waals surface area contributed by atoms with Crippen molar-refractivity contribution in [3.05, 3.63) is 0 Å². The van der Waals surface area contributed by atoms with Crippen LogP contribution >= 0.6 is 0 Å². The normalized spacial score (nSPS) is 10.5. The third kappa shape index (κ3) is 24.6. The summed E-state index contributed by atoms with van der Waals surface area (Å²) in [6.45, 7) is 1.73. The molecule has 0 spiro atoms. The Labute approximate surface area is 89.7 Å². The zero-order chi connectivity index (χ0) is 12.6. The minimum absolute atomic E-state index is 0.127. The Morgan fingerprint density at radius 3 is 1.80 bits per heavy atom. The van der Waals surface area contributed by atoms with Crippen molar-refractivity contribution in [3.8, 4) is 0 Å². The maximum absolute atomic E-state index is 8.74. The van der Waals surface area contributed by atoms with Gasteiger partial charge in [0.05, 0.1) is 0 Å². The molecule has 9 heteroatoms. The fraction of sp³-hybridized carbons (Fsp3) is 0.833. The molecule has 0 saturated heterocycles. The van der Waals surface area contributed by atoms with Gasteiger partial charge in [-0.15, -0.1) is 0 Å². The first-order valence-electron chi connectivity index (χ1n) is 3.93. The number of hydrogen-bond acceptors (Lipinski definition) is 4. The summed E-state index contributed by atoms with van der Waals surface area (Å²) in [5.74, 6) is 0.127. The third-order valence-electron chi connectivity index (χ3n) is 1.29. The summed E-state index contributed by atoms with van der Waals surface area (Å²) < 4.78 is 31.6. The topological polar surface area (TPSA) is 131 Å². The van der Waals surface area contributed by atoms with Crippen LogP contribution in [0.15, 0.2) is 0 Å². The van der Waals surface area contributed by atoms with Gasteiger partial charge in [-0.1, -0.05) is 0 Å². The lowest BCUT2D eigenvalue weighted by atomic mass is 10.5. The van der Waals surface area contributed by atoms with Gasteiger partial charge in [-0.3, -0.25) is 14.5 Å². The molecule has 0 rings (SSSR count). The molecule has 0 aromatic heterocycles. The van der Waals surface area contributed by atoms with Crippen LogP contribution in [0.1, 0.15) is 0 Å². The number of guanidine groups is 1. The van der Waals surface area contributed by atoms with Crippen molar-refractivity contribution in [2.24, 2.45) is 5.73 Å². The molecule has 0 aromatic carbocycles. The highest BCUT2D eigenvalue weighted by atomic mass is 32.3. The smallest absolute Gasteiger partial charge is 0.370 e. The molecule has 15 heavy (non-hydrogen) atoms. The van der Waals surface area contributed by atoms with E-state index in [0.29, 0.717) is 0 Å². The molecular weight excluding hydrogens is 224 g/mol. The van der Waals surface area contributed by atoms with Crippen LogP contribution in [0.5, 0.6) is 0 Å². The molecule has 0 saturated carbocycles. The molecule has 8 nitrogen and oxygen atoms in total. The van der Waals surface area contributed by atoms with E-state index in [1.165, 1.54) is 0 Å². The second kappa shape index (κ2) is 7.40. The lowest BCUT2D eigenvalue weighted by Crippen LogP contribution is -2.37. The fourth-order valence-electron chi connectivity index (χ4n) is 0.470. The van der Waals surface area contributed by atoms with Gasteiger partial charge in [0, 0.05) is 20.1 Å². The van der Waals surface area contributed by atoms with Gasteiger partial charge < -0.3 is 15.5 Å². The van der Waals surface area contributed by atoms with Gasteiger partial charge in [0.1, 0.15) is 0 Å². The second-order valence-corrected chi connectivity index (χ2v) is 3.95. The first-order valence-corrected chi connectivity index (χ1v) is 5.33. The minimum atomic E-state index is -4.67. The van der Waals surface area contributed by atoms with E-state index in [2.05, 4.69) is 4.90 Å². The van der Waals surface area contributed by atoms with Crippen LogP contribution in [0.3, 0.4) is 0 Å². The molecule has 0 atom stereocenters. The van der Waals surface area contributed by atoms with E-state index >= 15 is 0 Å². The minimum Gasteiger partial charge on any atom is -0.370 e. The number of nitrogens with zero attached hydrogens (tertiary/aromatic N) is 2. The molecule has 0 unspecified atom stereocenters. The van der Waals surface area contributed by atoms with Crippen molar-refractivity contribution >= 4 is 16.4 Å². The molecule has 0 radical (unpaired) electrons. The van der Waals surface area contributed by atoms with E-state index in [1.54, 1.807) is 4.90 Å². The van der Waals surface area contributed by atoms with Crippen molar-refractivity contribution in [2.75, 3.05) is 34.2 Å². The summed E-state index contributed by atoms with van der Waals surface area (Å²) in [6, 6.07) is 0. The lowest BCUT2D eigenvalue weighted by Gasteiger charge is -2.18. The summed E-state index contributed by atoms with van der Waals surface area (Å²) >= 11 is 0. The first kappa shape index (κ1) is 16.5. The summed E-state index contributed by atoms with van der Waals surface area (Å²) in [4.78, 5) is 3.76. The highest BCUT2D eigenvalue weighted by molar-refractivity contribution is 7.79. The Bertz CT molecular complexity index is 269.